The topological polar surface area (TPSA) is 29.6 Å². The van der Waals surface area contributed by atoms with Crippen molar-refractivity contribution in [3.8, 4) is 27.9 Å². The normalized spacial score (nSPS) is 14.8. The Morgan fingerprint density at radius 2 is 0.857 bits per heavy atom. The molecule has 1 unspecified atom stereocenters. The monoisotopic (exact) mass is 713 g/mol. The van der Waals surface area contributed by atoms with Crippen molar-refractivity contribution in [1.82, 2.24) is 4.57 Å². The highest BCUT2D eigenvalue weighted by molar-refractivity contribution is 6.23. The van der Waals surface area contributed by atoms with Gasteiger partial charge in [-0.3, -0.25) is 0 Å². The Labute approximate surface area is 325 Å². The lowest BCUT2D eigenvalue weighted by Crippen LogP contribution is -2.25. The number of nitrogens with zero attached hydrogens (tertiary/aromatic N) is 3. The zero-order chi connectivity index (χ0) is 37.0. The molecular weight excluding hydrogens is 679 g/mol. The quantitative estimate of drug-likeness (QED) is 0.164. The second-order valence-electron chi connectivity index (χ2n) is 14.5. The summed E-state index contributed by atoms with van der Waals surface area (Å²) in [5.74, 6) is 0.609. The molecule has 0 radical (unpaired) electrons. The van der Waals surface area contributed by atoms with Crippen molar-refractivity contribution in [2.24, 2.45) is 15.9 Å². The van der Waals surface area contributed by atoms with Gasteiger partial charge in [0.2, 0.25) is 0 Å². The molecule has 3 heteroatoms. The first-order valence-electron chi connectivity index (χ1n) is 19.2. The molecule has 3 nitrogen and oxygen atoms in total. The Kier molecular flexibility index (Phi) is 7.56. The summed E-state index contributed by atoms with van der Waals surface area (Å²) < 4.78 is 2.42. The second-order valence-corrected chi connectivity index (χ2v) is 14.5. The summed E-state index contributed by atoms with van der Waals surface area (Å²) in [6.07, 6.45) is 0. The minimum Gasteiger partial charge on any atom is -0.309 e. The molecule has 0 N–H and O–H groups in total. The van der Waals surface area contributed by atoms with E-state index in [2.05, 4.69) is 205 Å². The van der Waals surface area contributed by atoms with E-state index in [9.17, 15) is 0 Å². The van der Waals surface area contributed by atoms with Crippen LogP contribution in [0.2, 0.25) is 0 Å². The number of fused-ring (bicyclic) bond motifs is 5. The molecule has 1 aromatic heterocycles. The maximum atomic E-state index is 5.48. The number of hydrogen-bond acceptors (Lipinski definition) is 2. The number of aliphatic imine (C=N–C) groups is 2. The Balaban J connectivity index is 1.14. The standard InChI is InChI=1S/C53H35N3/c1-5-16-35(17-6-1)39-28-30-47-45(33-39)46-34-40(36-18-7-2-8-19-36)29-31-48(46)56(47)42-25-15-24-41(32-42)51-50-49(37-20-9-3-10-21-37)43-26-13-14-27-44(43)52(50)55-53(54-51)38-22-11-4-12-23-38/h1-34,50H. The van der Waals surface area contributed by atoms with Crippen LogP contribution in [0.1, 0.15) is 16.7 Å². The molecule has 0 fully saturated rings. The van der Waals surface area contributed by atoms with Crippen molar-refractivity contribution in [2.75, 3.05) is 0 Å². The van der Waals surface area contributed by atoms with E-state index in [1.165, 1.54) is 54.6 Å². The van der Waals surface area contributed by atoms with Gasteiger partial charge >= 0.3 is 0 Å². The van der Waals surface area contributed by atoms with Crippen LogP contribution in [0.3, 0.4) is 0 Å². The predicted molar refractivity (Wildman–Crippen MR) is 233 cm³/mol. The fraction of sp³-hybridized carbons (Fsp3) is 0.0189. The highest BCUT2D eigenvalue weighted by Crippen LogP contribution is 2.40. The number of benzene rings is 8. The van der Waals surface area contributed by atoms with Crippen LogP contribution in [-0.2, 0) is 0 Å². The van der Waals surface area contributed by atoms with Gasteiger partial charge in [-0.1, -0.05) is 170 Å². The third kappa shape index (κ3) is 5.28. The van der Waals surface area contributed by atoms with Crippen molar-refractivity contribution in [3.63, 3.8) is 0 Å². The zero-order valence-corrected chi connectivity index (χ0v) is 30.5. The molecule has 0 saturated heterocycles. The molecule has 9 aromatic rings. The highest BCUT2D eigenvalue weighted by atomic mass is 15.0. The lowest BCUT2D eigenvalue weighted by Gasteiger charge is -2.25. The van der Waals surface area contributed by atoms with Crippen LogP contribution in [0, 0.1) is 5.92 Å². The summed E-state index contributed by atoms with van der Waals surface area (Å²) in [7, 11) is 0. The Hall–Kier alpha value is -7.36. The van der Waals surface area contributed by atoms with Crippen molar-refractivity contribution >= 4 is 44.6 Å². The van der Waals surface area contributed by atoms with Crippen LogP contribution in [0.5, 0.6) is 0 Å². The van der Waals surface area contributed by atoms with Gasteiger partial charge in [-0.05, 0) is 80.6 Å². The van der Waals surface area contributed by atoms with Crippen molar-refractivity contribution in [3.05, 3.63) is 233 Å². The first-order chi connectivity index (χ1) is 27.8. The van der Waals surface area contributed by atoms with Crippen LogP contribution in [0.4, 0.5) is 0 Å². The highest BCUT2D eigenvalue weighted by Gasteiger charge is 2.35. The number of hydrogen-bond donors (Lipinski definition) is 0. The smallest absolute Gasteiger partial charge is 0.159 e. The third-order valence-corrected chi connectivity index (χ3v) is 11.3. The van der Waals surface area contributed by atoms with Gasteiger partial charge in [-0.2, -0.15) is 0 Å². The summed E-state index contributed by atoms with van der Waals surface area (Å²) in [6, 6.07) is 73.9. The second kappa shape index (κ2) is 13.2. The number of rotatable bonds is 6. The van der Waals surface area contributed by atoms with Crippen LogP contribution in [0.25, 0.3) is 61.0 Å². The van der Waals surface area contributed by atoms with Crippen LogP contribution >= 0.6 is 0 Å². The molecule has 2 heterocycles. The summed E-state index contributed by atoms with van der Waals surface area (Å²) >= 11 is 0. The summed E-state index contributed by atoms with van der Waals surface area (Å²) in [4.78, 5) is 10.8. The van der Waals surface area contributed by atoms with Crippen molar-refractivity contribution < 1.29 is 0 Å². The van der Waals surface area contributed by atoms with Gasteiger partial charge < -0.3 is 4.57 Å². The molecule has 8 aromatic carbocycles. The van der Waals surface area contributed by atoms with E-state index in [4.69, 9.17) is 9.98 Å². The van der Waals surface area contributed by atoms with Crippen LogP contribution in [-0.4, -0.2) is 16.1 Å². The maximum Gasteiger partial charge on any atom is 0.159 e. The number of amidine groups is 1. The third-order valence-electron chi connectivity index (χ3n) is 11.3. The fourth-order valence-electron chi connectivity index (χ4n) is 8.71. The molecule has 0 saturated carbocycles. The summed E-state index contributed by atoms with van der Waals surface area (Å²) in [5.41, 5.74) is 14.8. The van der Waals surface area contributed by atoms with E-state index in [1.54, 1.807) is 0 Å². The maximum absolute atomic E-state index is 5.48. The Bertz CT molecular complexity index is 3060. The summed E-state index contributed by atoms with van der Waals surface area (Å²) in [5, 5.41) is 4.82. The van der Waals surface area contributed by atoms with E-state index in [0.29, 0.717) is 0 Å². The molecular formula is C53H35N3. The average Bonchev–Trinajstić information content (AvgIpc) is 3.79. The lowest BCUT2D eigenvalue weighted by atomic mass is 9.84. The van der Waals surface area contributed by atoms with Crippen molar-refractivity contribution in [1.29, 1.82) is 0 Å². The van der Waals surface area contributed by atoms with E-state index >= 15 is 0 Å². The molecule has 1 aliphatic carbocycles. The summed E-state index contributed by atoms with van der Waals surface area (Å²) in [6.45, 7) is 0. The largest absolute Gasteiger partial charge is 0.309 e. The molecule has 56 heavy (non-hydrogen) atoms. The molecule has 1 aliphatic heterocycles. The molecule has 2 aliphatic rings. The average molecular weight is 714 g/mol. The van der Waals surface area contributed by atoms with Gasteiger partial charge in [-0.25, -0.2) is 9.98 Å². The molecule has 11 rings (SSSR count). The lowest BCUT2D eigenvalue weighted by molar-refractivity contribution is 1.12. The van der Waals surface area contributed by atoms with E-state index in [0.717, 1.165) is 45.1 Å². The number of aromatic nitrogens is 1. The molecule has 0 amide bonds. The molecule has 0 bridgehead atoms. The molecule has 262 valence electrons. The predicted octanol–water partition coefficient (Wildman–Crippen LogP) is 11.0. The molecule has 0 spiro atoms. The SMILES string of the molecule is c1ccc(C2=NC3=c4ccccc4=C(c4ccccc4)C3C(c3cccc(-n4c5ccc(-c6ccccc6)cc5c5cc(-c6ccccc6)ccc54)c3)=N2)cc1. The van der Waals surface area contributed by atoms with E-state index in [1.807, 2.05) is 6.07 Å². The van der Waals surface area contributed by atoms with Gasteiger partial charge in [0, 0.05) is 27.2 Å². The first kappa shape index (κ1) is 32.1. The van der Waals surface area contributed by atoms with Gasteiger partial charge in [0.25, 0.3) is 0 Å². The van der Waals surface area contributed by atoms with E-state index in [-0.39, 0.29) is 5.92 Å². The van der Waals surface area contributed by atoms with Gasteiger partial charge in [-0.15, -0.1) is 0 Å². The van der Waals surface area contributed by atoms with Crippen molar-refractivity contribution in [2.45, 2.75) is 0 Å². The van der Waals surface area contributed by atoms with Gasteiger partial charge in [0.05, 0.1) is 28.4 Å². The van der Waals surface area contributed by atoms with Crippen LogP contribution in [0.15, 0.2) is 216 Å². The zero-order valence-electron chi connectivity index (χ0n) is 30.5. The fourth-order valence-corrected chi connectivity index (χ4v) is 8.71. The Morgan fingerprint density at radius 3 is 1.45 bits per heavy atom. The van der Waals surface area contributed by atoms with E-state index < -0.39 is 0 Å². The van der Waals surface area contributed by atoms with Gasteiger partial charge in [0.1, 0.15) is 0 Å². The Morgan fingerprint density at radius 1 is 0.357 bits per heavy atom. The van der Waals surface area contributed by atoms with Gasteiger partial charge in [0.15, 0.2) is 5.84 Å². The van der Waals surface area contributed by atoms with Crippen LogP contribution < -0.4 is 10.4 Å². The minimum absolute atomic E-state index is 0.127. The first-order valence-corrected chi connectivity index (χ1v) is 19.2. The molecule has 1 atom stereocenters. The minimum atomic E-state index is -0.127.